The van der Waals surface area contributed by atoms with E-state index in [1.807, 2.05) is 0 Å². The van der Waals surface area contributed by atoms with Crippen molar-refractivity contribution in [3.8, 4) is 0 Å². The van der Waals surface area contributed by atoms with E-state index >= 15 is 0 Å². The van der Waals surface area contributed by atoms with Gasteiger partial charge in [0.2, 0.25) is 17.7 Å². The van der Waals surface area contributed by atoms with E-state index in [0.29, 0.717) is 0 Å². The van der Waals surface area contributed by atoms with E-state index in [1.54, 1.807) is 0 Å². The molecule has 23 heavy (non-hydrogen) atoms. The van der Waals surface area contributed by atoms with Gasteiger partial charge in [-0.05, 0) is 13.8 Å². The van der Waals surface area contributed by atoms with Crippen molar-refractivity contribution in [2.24, 2.45) is 5.73 Å². The fourth-order valence-electron chi connectivity index (χ4n) is 1.36. The smallest absolute Gasteiger partial charge is 0.327 e. The molecular weight excluding hydrogens is 328 g/mol. The molecule has 0 saturated heterocycles. The highest BCUT2D eigenvalue weighted by molar-refractivity contribution is 7.80. The average Bonchev–Trinajstić information content (AvgIpc) is 2.48. The van der Waals surface area contributed by atoms with Gasteiger partial charge in [0.05, 0.1) is 12.6 Å². The Bertz CT molecular complexity index is 459. The fraction of sp³-hybridized carbons (Fsp3) is 0.667. The lowest BCUT2D eigenvalue weighted by molar-refractivity contribution is -0.141. The highest BCUT2D eigenvalue weighted by Gasteiger charge is 2.27. The van der Waals surface area contributed by atoms with Gasteiger partial charge in [-0.3, -0.25) is 14.4 Å². The van der Waals surface area contributed by atoms with Crippen molar-refractivity contribution < 1.29 is 29.4 Å². The fourth-order valence-corrected chi connectivity index (χ4v) is 1.61. The number of aliphatic hydroxyl groups is 1. The molecule has 132 valence electrons. The third kappa shape index (κ3) is 7.30. The maximum atomic E-state index is 11.9. The third-order valence-electron chi connectivity index (χ3n) is 2.78. The van der Waals surface area contributed by atoms with E-state index < -0.39 is 54.5 Å². The van der Waals surface area contributed by atoms with Gasteiger partial charge in [-0.2, -0.15) is 12.6 Å². The molecule has 0 bridgehead atoms. The molecule has 3 amide bonds. The summed E-state index contributed by atoms with van der Waals surface area (Å²) in [5, 5.41) is 24.6. The van der Waals surface area contributed by atoms with E-state index in [9.17, 15) is 24.3 Å². The predicted molar refractivity (Wildman–Crippen MR) is 83.7 cm³/mol. The summed E-state index contributed by atoms with van der Waals surface area (Å²) in [7, 11) is 0. The molecule has 7 N–H and O–H groups in total. The second-order valence-electron chi connectivity index (χ2n) is 4.84. The zero-order valence-corrected chi connectivity index (χ0v) is 13.7. The number of aliphatic carboxylic acids is 1. The number of nitrogens with one attached hydrogen (secondary N) is 3. The van der Waals surface area contributed by atoms with Crippen molar-refractivity contribution in [2.75, 3.05) is 12.4 Å². The summed E-state index contributed by atoms with van der Waals surface area (Å²) in [6.07, 6.45) is 0. The van der Waals surface area contributed by atoms with Crippen LogP contribution in [0.25, 0.3) is 0 Å². The molecule has 0 aliphatic heterocycles. The minimum absolute atomic E-state index is 0.159. The number of aliphatic hydroxyl groups excluding tert-OH is 1. The molecule has 0 aromatic rings. The Kier molecular flexibility index (Phi) is 9.22. The van der Waals surface area contributed by atoms with Crippen LogP contribution in [-0.2, 0) is 19.2 Å². The molecule has 0 fully saturated rings. The first kappa shape index (κ1) is 21.1. The normalized spacial score (nSPS) is 15.7. The van der Waals surface area contributed by atoms with E-state index in [-0.39, 0.29) is 5.75 Å². The lowest BCUT2D eigenvalue weighted by atomic mass is 10.2. The lowest BCUT2D eigenvalue weighted by Crippen LogP contribution is -2.57. The maximum absolute atomic E-state index is 11.9. The van der Waals surface area contributed by atoms with Crippen molar-refractivity contribution in [1.29, 1.82) is 0 Å². The molecule has 4 unspecified atom stereocenters. The molecule has 11 heteroatoms. The Hall–Kier alpha value is -1.85. The van der Waals surface area contributed by atoms with Gasteiger partial charge in [0.15, 0.2) is 0 Å². The van der Waals surface area contributed by atoms with Gasteiger partial charge in [-0.15, -0.1) is 0 Å². The summed E-state index contributed by atoms with van der Waals surface area (Å²) in [5.74, 6) is -3.62. The van der Waals surface area contributed by atoms with Crippen LogP contribution in [0.1, 0.15) is 13.8 Å². The molecule has 0 radical (unpaired) electrons. The monoisotopic (exact) mass is 350 g/mol. The van der Waals surface area contributed by atoms with Crippen molar-refractivity contribution in [1.82, 2.24) is 16.0 Å². The Balaban J connectivity index is 4.68. The molecule has 4 atom stereocenters. The van der Waals surface area contributed by atoms with Crippen LogP contribution in [0.15, 0.2) is 0 Å². The first-order chi connectivity index (χ1) is 10.6. The Morgan fingerprint density at radius 3 is 1.91 bits per heavy atom. The van der Waals surface area contributed by atoms with Gasteiger partial charge < -0.3 is 31.9 Å². The number of rotatable bonds is 9. The molecule has 0 aliphatic carbocycles. The predicted octanol–water partition coefficient (Wildman–Crippen LogP) is -3.19. The van der Waals surface area contributed by atoms with Gasteiger partial charge in [0.25, 0.3) is 0 Å². The zero-order valence-electron chi connectivity index (χ0n) is 12.8. The quantitative estimate of drug-likeness (QED) is 0.215. The van der Waals surface area contributed by atoms with Gasteiger partial charge in [-0.25, -0.2) is 4.79 Å². The number of carbonyl (C=O) groups is 4. The van der Waals surface area contributed by atoms with Crippen LogP contribution < -0.4 is 21.7 Å². The van der Waals surface area contributed by atoms with Crippen molar-refractivity contribution >= 4 is 36.3 Å². The van der Waals surface area contributed by atoms with E-state index in [2.05, 4.69) is 28.6 Å². The van der Waals surface area contributed by atoms with E-state index in [0.717, 1.165) is 0 Å². The van der Waals surface area contributed by atoms with Crippen molar-refractivity contribution in [3.63, 3.8) is 0 Å². The van der Waals surface area contributed by atoms with Crippen molar-refractivity contribution in [3.05, 3.63) is 0 Å². The van der Waals surface area contributed by atoms with Crippen LogP contribution in [0, 0.1) is 0 Å². The summed E-state index contributed by atoms with van der Waals surface area (Å²) in [6, 6.07) is -4.42. The van der Waals surface area contributed by atoms with Crippen molar-refractivity contribution in [2.45, 2.75) is 38.0 Å². The largest absolute Gasteiger partial charge is 0.480 e. The minimum atomic E-state index is -1.36. The number of thiol groups is 1. The molecule has 0 aliphatic rings. The first-order valence-electron chi connectivity index (χ1n) is 6.75. The number of nitrogens with two attached hydrogens (primary N) is 1. The summed E-state index contributed by atoms with van der Waals surface area (Å²) < 4.78 is 0. The maximum Gasteiger partial charge on any atom is 0.327 e. The van der Waals surface area contributed by atoms with Gasteiger partial charge in [0.1, 0.15) is 18.1 Å². The van der Waals surface area contributed by atoms with Crippen LogP contribution in [0.5, 0.6) is 0 Å². The Labute approximate surface area is 138 Å². The average molecular weight is 350 g/mol. The number of hydrogen-bond acceptors (Lipinski definition) is 7. The molecular formula is C12H22N4O6S. The molecule has 0 rings (SSSR count). The summed E-state index contributed by atoms with van der Waals surface area (Å²) >= 11 is 3.78. The van der Waals surface area contributed by atoms with Gasteiger partial charge >= 0.3 is 5.97 Å². The van der Waals surface area contributed by atoms with Crippen LogP contribution in [0.2, 0.25) is 0 Å². The zero-order chi connectivity index (χ0) is 18.2. The Morgan fingerprint density at radius 2 is 1.52 bits per heavy atom. The van der Waals surface area contributed by atoms with Crippen LogP contribution in [-0.4, -0.2) is 70.4 Å². The van der Waals surface area contributed by atoms with Crippen LogP contribution >= 0.6 is 12.6 Å². The molecule has 0 spiro atoms. The van der Waals surface area contributed by atoms with Gasteiger partial charge in [0, 0.05) is 5.75 Å². The molecule has 0 heterocycles. The van der Waals surface area contributed by atoms with Gasteiger partial charge in [-0.1, -0.05) is 0 Å². The number of hydrogen-bond donors (Lipinski definition) is 7. The summed E-state index contributed by atoms with van der Waals surface area (Å²) in [5.41, 5.74) is 5.35. The van der Waals surface area contributed by atoms with E-state index in [1.165, 1.54) is 13.8 Å². The number of amides is 3. The second-order valence-corrected chi connectivity index (χ2v) is 5.21. The van der Waals surface area contributed by atoms with Crippen LogP contribution in [0.3, 0.4) is 0 Å². The van der Waals surface area contributed by atoms with Crippen LogP contribution in [0.4, 0.5) is 0 Å². The standard InChI is InChI=1S/C12H22N4O6S/c1-5(13)9(18)14-6(2)10(19)15-7(3-17)11(20)16-8(4-23)12(21)22/h5-8,17,23H,3-4,13H2,1-2H3,(H,14,18)(H,15,19)(H,16,20)(H,21,22). The minimum Gasteiger partial charge on any atom is -0.480 e. The highest BCUT2D eigenvalue weighted by atomic mass is 32.1. The first-order valence-corrected chi connectivity index (χ1v) is 7.38. The van der Waals surface area contributed by atoms with E-state index in [4.69, 9.17) is 10.8 Å². The lowest BCUT2D eigenvalue weighted by Gasteiger charge is -2.21. The number of carboxylic acid groups (broad SMARTS) is 1. The molecule has 0 saturated carbocycles. The third-order valence-corrected chi connectivity index (χ3v) is 3.14. The SMILES string of the molecule is CC(N)C(=O)NC(C)C(=O)NC(CO)C(=O)NC(CS)C(=O)O. The topological polar surface area (TPSA) is 171 Å². The Morgan fingerprint density at radius 1 is 1.00 bits per heavy atom. The number of carbonyl (C=O) groups excluding carboxylic acids is 3. The molecule has 0 aromatic heterocycles. The molecule has 0 aromatic carbocycles. The summed E-state index contributed by atoms with van der Waals surface area (Å²) in [4.78, 5) is 45.9. The second kappa shape index (κ2) is 10.0. The molecule has 10 nitrogen and oxygen atoms in total. The number of carboxylic acids is 1. The highest BCUT2D eigenvalue weighted by Crippen LogP contribution is 1.93. The summed E-state index contributed by atoms with van der Waals surface area (Å²) in [6.45, 7) is 2.06.